The maximum Gasteiger partial charge on any atom is 0.229 e. The monoisotopic (exact) mass is 428 g/mol. The molecule has 0 bridgehead atoms. The van der Waals surface area contributed by atoms with Crippen molar-refractivity contribution >= 4 is 27.8 Å². The topological polar surface area (TPSA) is 78.3 Å². The normalized spacial score (nSPS) is 15.8. The number of fused-ring (bicyclic) bond motifs is 1. The minimum atomic E-state index is -0.260. The molecule has 0 spiro atoms. The highest BCUT2D eigenvalue weighted by molar-refractivity contribution is 9.10. The van der Waals surface area contributed by atoms with Crippen molar-refractivity contribution in [2.24, 2.45) is 0 Å². The van der Waals surface area contributed by atoms with Gasteiger partial charge in [0.2, 0.25) is 11.9 Å². The summed E-state index contributed by atoms with van der Waals surface area (Å²) < 4.78 is 14.0. The molecule has 4 rings (SSSR count). The molecule has 0 aliphatic carbocycles. The predicted octanol–water partition coefficient (Wildman–Crippen LogP) is 3.56. The van der Waals surface area contributed by atoms with E-state index in [0.717, 1.165) is 15.6 Å². The van der Waals surface area contributed by atoms with E-state index in [0.29, 0.717) is 24.1 Å². The number of ether oxygens (including phenoxy) is 2. The number of carbonyl (C=O) groups is 1. The summed E-state index contributed by atoms with van der Waals surface area (Å²) in [5.74, 6) is 1.54. The number of halogens is 1. The zero-order valence-corrected chi connectivity index (χ0v) is 16.1. The van der Waals surface area contributed by atoms with E-state index in [1.165, 1.54) is 6.33 Å². The Morgan fingerprint density at radius 2 is 2.11 bits per heavy atom. The van der Waals surface area contributed by atoms with E-state index >= 15 is 0 Å². The molecule has 1 aliphatic heterocycles. The van der Waals surface area contributed by atoms with Crippen LogP contribution in [0.25, 0.3) is 0 Å². The van der Waals surface area contributed by atoms with E-state index in [2.05, 4.69) is 31.3 Å². The number of aromatic nitrogens is 3. The first kappa shape index (κ1) is 17.5. The van der Waals surface area contributed by atoms with Gasteiger partial charge in [-0.05, 0) is 39.2 Å². The van der Waals surface area contributed by atoms with E-state index in [4.69, 9.17) is 9.47 Å². The minimum Gasteiger partial charge on any atom is -0.493 e. The van der Waals surface area contributed by atoms with Gasteiger partial charge in [0.25, 0.3) is 0 Å². The Bertz CT molecular complexity index is 974. The molecule has 0 saturated heterocycles. The average Bonchev–Trinajstić information content (AvgIpc) is 3.15. The lowest BCUT2D eigenvalue weighted by Crippen LogP contribution is -2.29. The van der Waals surface area contributed by atoms with Crippen molar-refractivity contribution in [1.82, 2.24) is 14.8 Å². The van der Waals surface area contributed by atoms with Crippen LogP contribution in [0.4, 0.5) is 5.95 Å². The quantitative estimate of drug-likeness (QED) is 0.671. The Hall–Kier alpha value is -2.87. The molecular formula is C19H17BrN4O3. The van der Waals surface area contributed by atoms with Gasteiger partial charge in [-0.15, -0.1) is 0 Å². The Balaban J connectivity index is 1.65. The molecule has 3 aromatic rings. The fourth-order valence-corrected chi connectivity index (χ4v) is 3.64. The Labute approximate surface area is 164 Å². The fourth-order valence-electron chi connectivity index (χ4n) is 3.07. The molecule has 1 aromatic heterocycles. The standard InChI is InChI=1S/C19H17BrN4O3/c1-26-16-8-13(15-9-17(25)23-19-21-11-22-24(15)19)7-14(20)18(16)27-10-12-5-3-2-4-6-12/h2-8,11,15H,9-10H2,1H3,(H,21,22,23,25)/t15-/m0/s1. The van der Waals surface area contributed by atoms with Crippen LogP contribution in [-0.4, -0.2) is 27.8 Å². The Morgan fingerprint density at radius 1 is 1.30 bits per heavy atom. The number of nitrogens with one attached hydrogen (secondary N) is 1. The largest absolute Gasteiger partial charge is 0.493 e. The minimum absolute atomic E-state index is 0.0972. The second-order valence-electron chi connectivity index (χ2n) is 6.10. The van der Waals surface area contributed by atoms with Gasteiger partial charge in [-0.3, -0.25) is 10.1 Å². The summed E-state index contributed by atoms with van der Waals surface area (Å²) in [4.78, 5) is 16.1. The van der Waals surface area contributed by atoms with Crippen molar-refractivity contribution in [3.8, 4) is 11.5 Å². The van der Waals surface area contributed by atoms with Gasteiger partial charge >= 0.3 is 0 Å². The predicted molar refractivity (Wildman–Crippen MR) is 103 cm³/mol. The third-order valence-corrected chi connectivity index (χ3v) is 4.95. The van der Waals surface area contributed by atoms with Gasteiger partial charge < -0.3 is 9.47 Å². The van der Waals surface area contributed by atoms with Crippen LogP contribution < -0.4 is 14.8 Å². The number of amides is 1. The third-order valence-electron chi connectivity index (χ3n) is 4.36. The second kappa shape index (κ2) is 7.40. The molecule has 0 fully saturated rings. The first-order valence-electron chi connectivity index (χ1n) is 8.39. The number of hydrogen-bond acceptors (Lipinski definition) is 5. The maximum absolute atomic E-state index is 12.0. The first-order valence-corrected chi connectivity index (χ1v) is 9.18. The lowest BCUT2D eigenvalue weighted by atomic mass is 10.0. The van der Waals surface area contributed by atoms with Crippen LogP contribution in [0, 0.1) is 0 Å². The van der Waals surface area contributed by atoms with Crippen LogP contribution in [0.2, 0.25) is 0 Å². The highest BCUT2D eigenvalue weighted by atomic mass is 79.9. The van der Waals surface area contributed by atoms with Crippen molar-refractivity contribution in [3.63, 3.8) is 0 Å². The molecule has 1 atom stereocenters. The Morgan fingerprint density at radius 3 is 2.89 bits per heavy atom. The van der Waals surface area contributed by atoms with E-state index < -0.39 is 0 Å². The molecule has 0 radical (unpaired) electrons. The van der Waals surface area contributed by atoms with Crippen molar-refractivity contribution in [2.45, 2.75) is 19.1 Å². The van der Waals surface area contributed by atoms with Crippen molar-refractivity contribution in [3.05, 3.63) is 64.4 Å². The molecule has 138 valence electrons. The van der Waals surface area contributed by atoms with Gasteiger partial charge in [0.05, 0.1) is 24.0 Å². The van der Waals surface area contributed by atoms with Gasteiger partial charge in [-0.25, -0.2) is 4.68 Å². The molecular weight excluding hydrogens is 412 g/mol. The number of methoxy groups -OCH3 is 1. The summed E-state index contributed by atoms with van der Waals surface area (Å²) in [6.45, 7) is 0.425. The molecule has 1 amide bonds. The van der Waals surface area contributed by atoms with Gasteiger partial charge in [0.15, 0.2) is 11.5 Å². The van der Waals surface area contributed by atoms with Gasteiger partial charge in [-0.1, -0.05) is 30.3 Å². The van der Waals surface area contributed by atoms with Crippen LogP contribution >= 0.6 is 15.9 Å². The molecule has 8 heteroatoms. The summed E-state index contributed by atoms with van der Waals surface area (Å²) in [6.07, 6.45) is 1.70. The van der Waals surface area contributed by atoms with E-state index in [1.54, 1.807) is 11.8 Å². The van der Waals surface area contributed by atoms with Crippen LogP contribution in [0.15, 0.2) is 53.3 Å². The SMILES string of the molecule is COc1cc([C@@H]2CC(=O)Nc3ncnn32)cc(Br)c1OCc1ccccc1. The summed E-state index contributed by atoms with van der Waals surface area (Å²) in [5, 5.41) is 6.95. The van der Waals surface area contributed by atoms with E-state index in [1.807, 2.05) is 42.5 Å². The van der Waals surface area contributed by atoms with Crippen LogP contribution in [0.3, 0.4) is 0 Å². The van der Waals surface area contributed by atoms with Gasteiger partial charge in [-0.2, -0.15) is 10.1 Å². The fraction of sp³-hybridized carbons (Fsp3) is 0.211. The zero-order valence-electron chi connectivity index (χ0n) is 14.6. The molecule has 0 unspecified atom stereocenters. The van der Waals surface area contributed by atoms with Crippen molar-refractivity contribution in [2.75, 3.05) is 12.4 Å². The van der Waals surface area contributed by atoms with Crippen molar-refractivity contribution < 1.29 is 14.3 Å². The highest BCUT2D eigenvalue weighted by Gasteiger charge is 2.29. The number of anilines is 1. The molecule has 27 heavy (non-hydrogen) atoms. The molecule has 0 saturated carbocycles. The number of rotatable bonds is 5. The number of benzene rings is 2. The lowest BCUT2D eigenvalue weighted by Gasteiger charge is -2.25. The second-order valence-corrected chi connectivity index (χ2v) is 6.96. The van der Waals surface area contributed by atoms with E-state index in [-0.39, 0.29) is 18.4 Å². The average molecular weight is 429 g/mol. The molecule has 1 aliphatic rings. The molecule has 7 nitrogen and oxygen atoms in total. The third kappa shape index (κ3) is 3.52. The molecule has 2 heterocycles. The summed E-state index contributed by atoms with van der Waals surface area (Å²) in [7, 11) is 1.59. The van der Waals surface area contributed by atoms with Crippen LogP contribution in [0.1, 0.15) is 23.6 Å². The highest BCUT2D eigenvalue weighted by Crippen LogP contribution is 2.40. The molecule has 1 N–H and O–H groups in total. The summed E-state index contributed by atoms with van der Waals surface area (Å²) >= 11 is 3.57. The van der Waals surface area contributed by atoms with Crippen LogP contribution in [0.5, 0.6) is 11.5 Å². The summed E-state index contributed by atoms with van der Waals surface area (Å²) in [5.41, 5.74) is 1.94. The van der Waals surface area contributed by atoms with Crippen molar-refractivity contribution in [1.29, 1.82) is 0 Å². The smallest absolute Gasteiger partial charge is 0.229 e. The lowest BCUT2D eigenvalue weighted by molar-refractivity contribution is -0.117. The maximum atomic E-state index is 12.0. The number of hydrogen-bond donors (Lipinski definition) is 1. The Kier molecular flexibility index (Phi) is 4.81. The first-order chi connectivity index (χ1) is 13.2. The van der Waals surface area contributed by atoms with Gasteiger partial charge in [0, 0.05) is 0 Å². The van der Waals surface area contributed by atoms with E-state index in [9.17, 15) is 4.79 Å². The number of nitrogens with zero attached hydrogens (tertiary/aromatic N) is 3. The molecule has 2 aromatic carbocycles. The summed E-state index contributed by atoms with van der Waals surface area (Å²) in [6, 6.07) is 13.5. The van der Waals surface area contributed by atoms with Crippen LogP contribution in [-0.2, 0) is 11.4 Å². The number of carbonyl (C=O) groups excluding carboxylic acids is 1. The zero-order chi connectivity index (χ0) is 18.8. The van der Waals surface area contributed by atoms with Gasteiger partial charge in [0.1, 0.15) is 12.9 Å².